The summed E-state index contributed by atoms with van der Waals surface area (Å²) < 4.78 is 18.5. The van der Waals surface area contributed by atoms with E-state index < -0.39 is 11.8 Å². The third-order valence-electron chi connectivity index (χ3n) is 2.48. The Hall–Kier alpha value is -0.150. The van der Waals surface area contributed by atoms with Crippen molar-refractivity contribution in [3.05, 3.63) is 0 Å². The van der Waals surface area contributed by atoms with E-state index in [2.05, 4.69) is 5.32 Å². The van der Waals surface area contributed by atoms with Crippen molar-refractivity contribution in [2.45, 2.75) is 24.6 Å². The van der Waals surface area contributed by atoms with Crippen molar-refractivity contribution in [1.82, 2.24) is 5.32 Å². The molecule has 2 saturated heterocycles. The highest BCUT2D eigenvalue weighted by Crippen LogP contribution is 2.33. The predicted octanol–water partition coefficient (Wildman–Crippen LogP) is 0.477. The normalized spacial score (nSPS) is 47.1. The Morgan fingerprint density at radius 3 is 3.00 bits per heavy atom. The lowest BCUT2D eigenvalue weighted by molar-refractivity contribution is -0.0140. The summed E-state index contributed by atoms with van der Waals surface area (Å²) in [6.07, 6.45) is 0.693. The van der Waals surface area contributed by atoms with E-state index in [1.54, 1.807) is 0 Å². The van der Waals surface area contributed by atoms with Crippen molar-refractivity contribution >= 4 is 0 Å². The maximum absolute atomic E-state index is 13.1. The molecule has 0 aliphatic carbocycles. The number of nitrogens with one attached hydrogen (secondary N) is 1. The van der Waals surface area contributed by atoms with Gasteiger partial charge in [-0.25, -0.2) is 4.39 Å². The topological polar surface area (TPSA) is 21.3 Å². The average Bonchev–Trinajstić information content (AvgIpc) is 2.48. The summed E-state index contributed by atoms with van der Waals surface area (Å²) in [6, 6.07) is 0. The zero-order valence-electron chi connectivity index (χ0n) is 5.90. The van der Waals surface area contributed by atoms with Crippen LogP contribution in [0.15, 0.2) is 0 Å². The van der Waals surface area contributed by atoms with Crippen molar-refractivity contribution in [2.75, 3.05) is 19.7 Å². The minimum Gasteiger partial charge on any atom is -0.370 e. The molecule has 0 aromatic rings. The maximum atomic E-state index is 13.1. The molecule has 0 bridgehead atoms. The molecule has 2 aliphatic rings. The first-order valence-electron chi connectivity index (χ1n) is 3.82. The van der Waals surface area contributed by atoms with Gasteiger partial charge in [0.2, 0.25) is 0 Å². The SMILES string of the molecule is FC1CCOC12CCNC2. The van der Waals surface area contributed by atoms with Gasteiger partial charge in [-0.2, -0.15) is 0 Å². The predicted molar refractivity (Wildman–Crippen MR) is 35.7 cm³/mol. The lowest BCUT2D eigenvalue weighted by Gasteiger charge is -2.23. The largest absolute Gasteiger partial charge is 0.370 e. The molecular weight excluding hydrogens is 133 g/mol. The number of ether oxygens (including phenoxy) is 1. The Morgan fingerprint density at radius 2 is 2.50 bits per heavy atom. The van der Waals surface area contributed by atoms with E-state index >= 15 is 0 Å². The molecule has 2 aliphatic heterocycles. The Kier molecular flexibility index (Phi) is 1.42. The summed E-state index contributed by atoms with van der Waals surface area (Å²) in [7, 11) is 0. The summed E-state index contributed by atoms with van der Waals surface area (Å²) in [4.78, 5) is 0. The molecule has 2 rings (SSSR count). The zero-order chi connectivity index (χ0) is 7.03. The maximum Gasteiger partial charge on any atom is 0.132 e. The van der Waals surface area contributed by atoms with Crippen LogP contribution in [-0.2, 0) is 4.74 Å². The van der Waals surface area contributed by atoms with E-state index in [-0.39, 0.29) is 0 Å². The molecule has 0 amide bonds. The van der Waals surface area contributed by atoms with E-state index in [9.17, 15) is 4.39 Å². The van der Waals surface area contributed by atoms with Crippen molar-refractivity contribution in [1.29, 1.82) is 0 Å². The van der Waals surface area contributed by atoms with Crippen LogP contribution >= 0.6 is 0 Å². The smallest absolute Gasteiger partial charge is 0.132 e. The molecule has 1 spiro atoms. The highest BCUT2D eigenvalue weighted by atomic mass is 19.1. The Morgan fingerprint density at radius 1 is 1.60 bits per heavy atom. The highest BCUT2D eigenvalue weighted by Gasteiger charge is 2.46. The van der Waals surface area contributed by atoms with E-state index in [0.717, 1.165) is 13.0 Å². The van der Waals surface area contributed by atoms with Gasteiger partial charge >= 0.3 is 0 Å². The molecule has 0 aromatic heterocycles. The molecule has 2 atom stereocenters. The lowest BCUT2D eigenvalue weighted by Crippen LogP contribution is -2.38. The summed E-state index contributed by atoms with van der Waals surface area (Å²) in [5.74, 6) is 0. The van der Waals surface area contributed by atoms with Gasteiger partial charge in [-0.3, -0.25) is 0 Å². The van der Waals surface area contributed by atoms with Crippen LogP contribution in [0.4, 0.5) is 4.39 Å². The quantitative estimate of drug-likeness (QED) is 0.535. The van der Waals surface area contributed by atoms with Gasteiger partial charge in [-0.05, 0) is 13.0 Å². The summed E-state index contributed by atoms with van der Waals surface area (Å²) in [6.45, 7) is 2.21. The van der Waals surface area contributed by atoms with Crippen LogP contribution in [0, 0.1) is 0 Å². The van der Waals surface area contributed by atoms with Gasteiger partial charge in [-0.1, -0.05) is 0 Å². The monoisotopic (exact) mass is 145 g/mol. The second-order valence-electron chi connectivity index (χ2n) is 3.10. The third-order valence-corrected chi connectivity index (χ3v) is 2.48. The molecule has 10 heavy (non-hydrogen) atoms. The highest BCUT2D eigenvalue weighted by molar-refractivity contribution is 4.99. The van der Waals surface area contributed by atoms with Crippen LogP contribution in [0.5, 0.6) is 0 Å². The summed E-state index contributed by atoms with van der Waals surface area (Å²) in [5, 5.41) is 3.12. The second-order valence-corrected chi connectivity index (χ2v) is 3.10. The number of alkyl halides is 1. The fraction of sp³-hybridized carbons (Fsp3) is 1.00. The number of halogens is 1. The molecule has 0 saturated carbocycles. The fourth-order valence-corrected chi connectivity index (χ4v) is 1.80. The Labute approximate surface area is 59.7 Å². The van der Waals surface area contributed by atoms with Crippen LogP contribution in [0.25, 0.3) is 0 Å². The minimum absolute atomic E-state index is 0.431. The molecular formula is C7H12FNO. The lowest BCUT2D eigenvalue weighted by atomic mass is 9.98. The van der Waals surface area contributed by atoms with E-state index in [4.69, 9.17) is 4.74 Å². The molecule has 58 valence electrons. The van der Waals surface area contributed by atoms with Gasteiger partial charge < -0.3 is 10.1 Å². The fourth-order valence-electron chi connectivity index (χ4n) is 1.80. The Balaban J connectivity index is 2.11. The van der Waals surface area contributed by atoms with Crippen LogP contribution in [0.1, 0.15) is 12.8 Å². The summed E-state index contributed by atoms with van der Waals surface area (Å²) >= 11 is 0. The van der Waals surface area contributed by atoms with Gasteiger partial charge in [-0.15, -0.1) is 0 Å². The van der Waals surface area contributed by atoms with Gasteiger partial charge in [0.25, 0.3) is 0 Å². The van der Waals surface area contributed by atoms with E-state index in [1.165, 1.54) is 0 Å². The van der Waals surface area contributed by atoms with Gasteiger partial charge in [0.15, 0.2) is 0 Å². The molecule has 3 heteroatoms. The van der Waals surface area contributed by atoms with Crippen LogP contribution < -0.4 is 5.32 Å². The molecule has 0 radical (unpaired) electrons. The molecule has 0 aromatic carbocycles. The van der Waals surface area contributed by atoms with E-state index in [0.29, 0.717) is 19.6 Å². The van der Waals surface area contributed by atoms with Gasteiger partial charge in [0.1, 0.15) is 11.8 Å². The first-order valence-corrected chi connectivity index (χ1v) is 3.82. The van der Waals surface area contributed by atoms with Gasteiger partial charge in [0, 0.05) is 13.0 Å². The van der Waals surface area contributed by atoms with Crippen LogP contribution in [0.2, 0.25) is 0 Å². The van der Waals surface area contributed by atoms with E-state index in [1.807, 2.05) is 0 Å². The molecule has 1 N–H and O–H groups in total. The number of hydrogen-bond donors (Lipinski definition) is 1. The second kappa shape index (κ2) is 2.17. The van der Waals surface area contributed by atoms with Crippen molar-refractivity contribution in [3.8, 4) is 0 Å². The molecule has 2 fully saturated rings. The van der Waals surface area contributed by atoms with Crippen molar-refractivity contribution in [3.63, 3.8) is 0 Å². The van der Waals surface area contributed by atoms with Crippen molar-refractivity contribution < 1.29 is 9.13 Å². The summed E-state index contributed by atoms with van der Waals surface area (Å²) in [5.41, 5.74) is -0.431. The Bertz CT molecular complexity index is 128. The molecule has 2 unspecified atom stereocenters. The standard InChI is InChI=1S/C7H12FNO/c8-6-1-4-10-7(6)2-3-9-5-7/h6,9H,1-5H2. The minimum atomic E-state index is -0.734. The third kappa shape index (κ3) is 0.772. The molecule has 2 heterocycles. The van der Waals surface area contributed by atoms with Crippen LogP contribution in [-0.4, -0.2) is 31.5 Å². The first-order chi connectivity index (χ1) is 4.83. The average molecular weight is 145 g/mol. The van der Waals surface area contributed by atoms with Crippen LogP contribution in [0.3, 0.4) is 0 Å². The zero-order valence-corrected chi connectivity index (χ0v) is 5.90. The molecule has 2 nitrogen and oxygen atoms in total. The number of rotatable bonds is 0. The number of hydrogen-bond acceptors (Lipinski definition) is 2. The first kappa shape index (κ1) is 6.55. The van der Waals surface area contributed by atoms with Crippen molar-refractivity contribution in [2.24, 2.45) is 0 Å². The van der Waals surface area contributed by atoms with Gasteiger partial charge in [0.05, 0.1) is 6.61 Å².